The number of hydrazone groups is 1. The Morgan fingerprint density at radius 2 is 2.04 bits per heavy atom. The van der Waals surface area contributed by atoms with E-state index < -0.39 is 0 Å². The van der Waals surface area contributed by atoms with Crippen LogP contribution in [0.15, 0.2) is 68.7 Å². The summed E-state index contributed by atoms with van der Waals surface area (Å²) in [5, 5.41) is 11.3. The quantitative estimate of drug-likeness (QED) is 0.780. The van der Waals surface area contributed by atoms with E-state index in [-0.39, 0.29) is 12.1 Å². The second-order valence-corrected chi connectivity index (χ2v) is 7.93. The van der Waals surface area contributed by atoms with Crippen molar-refractivity contribution in [3.05, 3.63) is 74.7 Å². The Hall–Kier alpha value is -2.38. The van der Waals surface area contributed by atoms with E-state index in [0.29, 0.717) is 10.9 Å². The molecule has 2 aliphatic rings. The van der Waals surface area contributed by atoms with Gasteiger partial charge < -0.3 is 0 Å². The fourth-order valence-corrected chi connectivity index (χ4v) is 3.85. The number of carbonyl (C=O) groups excluding carboxylic acids is 1. The van der Waals surface area contributed by atoms with Crippen LogP contribution < -0.4 is 15.9 Å². The number of nitrogens with zero attached hydrogens (tertiary/aromatic N) is 3. The van der Waals surface area contributed by atoms with Gasteiger partial charge in [0.1, 0.15) is 5.70 Å². The normalized spacial score (nSPS) is 18.9. The molecular weight excluding hydrogens is 424 g/mol. The van der Waals surface area contributed by atoms with Gasteiger partial charge in [-0.25, -0.2) is 5.01 Å². The number of hydrogen-bond donors (Lipinski definition) is 1. The number of thioether (sulfide) groups is 1. The maximum Gasteiger partial charge on any atom is 0.276 e. The van der Waals surface area contributed by atoms with Gasteiger partial charge in [0.15, 0.2) is 11.3 Å². The summed E-state index contributed by atoms with van der Waals surface area (Å²) in [6, 6.07) is 15.8. The number of hydrogen-bond acceptors (Lipinski definition) is 5. The highest BCUT2D eigenvalue weighted by atomic mass is 79.9. The van der Waals surface area contributed by atoms with Crippen molar-refractivity contribution in [3.63, 3.8) is 0 Å². The molecule has 0 fully saturated rings. The van der Waals surface area contributed by atoms with Crippen molar-refractivity contribution in [2.75, 3.05) is 6.26 Å². The van der Waals surface area contributed by atoms with Gasteiger partial charge in [-0.05, 0) is 42.5 Å². The molecule has 1 N–H and O–H groups in total. The molecule has 2 aliphatic heterocycles. The van der Waals surface area contributed by atoms with E-state index in [0.717, 1.165) is 26.2 Å². The summed E-state index contributed by atoms with van der Waals surface area (Å²) in [6.45, 7) is 2.02. The van der Waals surface area contributed by atoms with Gasteiger partial charge in [-0.15, -0.1) is 5.10 Å². The minimum atomic E-state index is -0.373. The molecule has 5 nitrogen and oxygen atoms in total. The summed E-state index contributed by atoms with van der Waals surface area (Å²) in [5.74, 6) is -0.166. The molecule has 0 saturated heterocycles. The molecule has 0 saturated carbocycles. The first-order chi connectivity index (χ1) is 13.1. The number of carbonyl (C=O) groups is 1. The zero-order valence-corrected chi connectivity index (χ0v) is 17.2. The van der Waals surface area contributed by atoms with Crippen LogP contribution in [0.25, 0.3) is 11.8 Å². The third-order valence-electron chi connectivity index (χ3n) is 4.36. The first kappa shape index (κ1) is 18.0. The van der Waals surface area contributed by atoms with Crippen LogP contribution in [-0.2, 0) is 4.79 Å². The lowest BCUT2D eigenvalue weighted by Crippen LogP contribution is -2.52. The SMILES string of the molecule is CSC1=NN2C(=c3cc(Br)ccc3=NC2/C(C)=C/c2ccccc2)C(=O)N1. The van der Waals surface area contributed by atoms with Crippen LogP contribution in [0, 0.1) is 0 Å². The highest BCUT2D eigenvalue weighted by Gasteiger charge is 2.34. The number of fused-ring (bicyclic) bond motifs is 2. The maximum atomic E-state index is 12.8. The van der Waals surface area contributed by atoms with Crippen molar-refractivity contribution in [1.29, 1.82) is 0 Å². The van der Waals surface area contributed by atoms with Gasteiger partial charge in [0.05, 0.1) is 5.36 Å². The first-order valence-corrected chi connectivity index (χ1v) is 10.4. The van der Waals surface area contributed by atoms with E-state index in [4.69, 9.17) is 4.99 Å². The third kappa shape index (κ3) is 3.44. The molecule has 0 radical (unpaired) electrons. The number of rotatable bonds is 2. The van der Waals surface area contributed by atoms with E-state index in [1.165, 1.54) is 11.8 Å². The Labute approximate surface area is 169 Å². The summed E-state index contributed by atoms with van der Waals surface area (Å²) in [4.78, 5) is 17.7. The van der Waals surface area contributed by atoms with Crippen LogP contribution in [0.3, 0.4) is 0 Å². The van der Waals surface area contributed by atoms with Gasteiger partial charge in [-0.3, -0.25) is 15.1 Å². The summed E-state index contributed by atoms with van der Waals surface area (Å²) in [5.41, 5.74) is 2.61. The fourth-order valence-electron chi connectivity index (χ4n) is 3.13. The zero-order chi connectivity index (χ0) is 19.0. The topological polar surface area (TPSA) is 57.1 Å². The van der Waals surface area contributed by atoms with Crippen LogP contribution in [0.1, 0.15) is 12.5 Å². The van der Waals surface area contributed by atoms with Crippen LogP contribution in [0.5, 0.6) is 0 Å². The highest BCUT2D eigenvalue weighted by Crippen LogP contribution is 2.25. The molecule has 0 aromatic heterocycles. The average molecular weight is 441 g/mol. The van der Waals surface area contributed by atoms with Crippen molar-refractivity contribution in [3.8, 4) is 0 Å². The lowest BCUT2D eigenvalue weighted by atomic mass is 10.1. The molecule has 1 unspecified atom stereocenters. The molecule has 0 bridgehead atoms. The van der Waals surface area contributed by atoms with Crippen molar-refractivity contribution in [2.45, 2.75) is 13.1 Å². The van der Waals surface area contributed by atoms with Gasteiger partial charge in [-0.2, -0.15) is 0 Å². The van der Waals surface area contributed by atoms with Gasteiger partial charge in [-0.1, -0.05) is 64.1 Å². The molecule has 0 aliphatic carbocycles. The second kappa shape index (κ2) is 7.32. The summed E-state index contributed by atoms with van der Waals surface area (Å²) in [7, 11) is 0. The standard InChI is InChI=1S/C20H17BrN4OS/c1-12(10-13-6-4-3-5-7-13)18-22-16-9-8-14(21)11-15(16)17-19(26)23-20(27-2)24-25(17)18/h3-11,18H,1-2H3,(H,23,24,26)/b12-10+. The highest BCUT2D eigenvalue weighted by molar-refractivity contribution is 9.10. The molecule has 4 rings (SSSR count). The number of nitrogens with one attached hydrogen (secondary N) is 1. The summed E-state index contributed by atoms with van der Waals surface area (Å²) in [6.07, 6.45) is 3.59. The Bertz CT molecular complexity index is 1090. The predicted octanol–water partition coefficient (Wildman–Crippen LogP) is 2.69. The molecular formula is C20H17BrN4OS. The van der Waals surface area contributed by atoms with Crippen LogP contribution in [0.4, 0.5) is 0 Å². The van der Waals surface area contributed by atoms with E-state index in [1.54, 1.807) is 5.01 Å². The number of benzene rings is 2. The largest absolute Gasteiger partial charge is 0.298 e. The molecule has 0 spiro atoms. The van der Waals surface area contributed by atoms with Gasteiger partial charge in [0.2, 0.25) is 0 Å². The van der Waals surface area contributed by atoms with Gasteiger partial charge in [0.25, 0.3) is 5.91 Å². The maximum absolute atomic E-state index is 12.8. The molecule has 27 heavy (non-hydrogen) atoms. The van der Waals surface area contributed by atoms with Crippen molar-refractivity contribution < 1.29 is 4.79 Å². The van der Waals surface area contributed by atoms with Crippen molar-refractivity contribution >= 4 is 50.5 Å². The minimum absolute atomic E-state index is 0.166. The molecule has 2 heterocycles. The fraction of sp³-hybridized carbons (Fsp3) is 0.150. The summed E-state index contributed by atoms with van der Waals surface area (Å²) < 4.78 is 0.895. The second-order valence-electron chi connectivity index (χ2n) is 6.22. The molecule has 1 amide bonds. The predicted molar refractivity (Wildman–Crippen MR) is 113 cm³/mol. The van der Waals surface area contributed by atoms with E-state index in [2.05, 4.69) is 32.4 Å². The van der Waals surface area contributed by atoms with Gasteiger partial charge >= 0.3 is 0 Å². The third-order valence-corrected chi connectivity index (χ3v) is 5.43. The Morgan fingerprint density at radius 3 is 2.78 bits per heavy atom. The number of amidine groups is 1. The van der Waals surface area contributed by atoms with Crippen LogP contribution in [0.2, 0.25) is 0 Å². The summed E-state index contributed by atoms with van der Waals surface area (Å²) >= 11 is 4.88. The zero-order valence-electron chi connectivity index (χ0n) is 14.8. The van der Waals surface area contributed by atoms with Crippen LogP contribution >= 0.6 is 27.7 Å². The Kier molecular flexibility index (Phi) is 4.88. The first-order valence-electron chi connectivity index (χ1n) is 8.41. The number of halogens is 1. The molecule has 2 aromatic rings. The lowest BCUT2D eigenvalue weighted by Gasteiger charge is -2.34. The monoisotopic (exact) mass is 440 g/mol. The van der Waals surface area contributed by atoms with E-state index in [9.17, 15) is 4.79 Å². The average Bonchev–Trinajstić information content (AvgIpc) is 2.67. The Morgan fingerprint density at radius 1 is 1.26 bits per heavy atom. The lowest BCUT2D eigenvalue weighted by molar-refractivity contribution is -0.116. The van der Waals surface area contributed by atoms with Gasteiger partial charge in [0, 0.05) is 9.69 Å². The minimum Gasteiger partial charge on any atom is -0.298 e. The molecule has 136 valence electrons. The smallest absolute Gasteiger partial charge is 0.276 e. The molecule has 1 atom stereocenters. The molecule has 2 aromatic carbocycles. The Balaban J connectivity index is 1.92. The van der Waals surface area contributed by atoms with E-state index >= 15 is 0 Å². The molecule has 7 heteroatoms. The number of amides is 1. The van der Waals surface area contributed by atoms with Crippen LogP contribution in [-0.4, -0.2) is 28.5 Å². The van der Waals surface area contributed by atoms with Crippen molar-refractivity contribution in [2.24, 2.45) is 10.1 Å². The van der Waals surface area contributed by atoms with Crippen molar-refractivity contribution in [1.82, 2.24) is 10.3 Å². The van der Waals surface area contributed by atoms with E-state index in [1.807, 2.05) is 61.7 Å².